The van der Waals surface area contributed by atoms with Gasteiger partial charge in [0.25, 0.3) is 5.91 Å². The van der Waals surface area contributed by atoms with Crippen molar-refractivity contribution in [3.8, 4) is 33.9 Å². The maximum absolute atomic E-state index is 14.0. The second-order valence-electron chi connectivity index (χ2n) is 12.4. The van der Waals surface area contributed by atoms with Crippen LogP contribution in [0.5, 0.6) is 11.5 Å². The third-order valence-corrected chi connectivity index (χ3v) is 12.1. The lowest BCUT2D eigenvalue weighted by Crippen LogP contribution is -2.42. The Bertz CT molecular complexity index is 1620. The molecule has 0 saturated heterocycles. The van der Waals surface area contributed by atoms with E-state index >= 15 is 0 Å². The van der Waals surface area contributed by atoms with Crippen LogP contribution in [-0.4, -0.2) is 58.1 Å². The number of alkyl halides is 3. The van der Waals surface area contributed by atoms with E-state index in [1.165, 1.54) is 24.3 Å². The quantitative estimate of drug-likeness (QED) is 0.174. The Morgan fingerprint density at radius 1 is 0.911 bits per heavy atom. The average molecular weight is 639 g/mol. The number of ether oxygens (including phenoxy) is 2. The van der Waals surface area contributed by atoms with Crippen LogP contribution < -0.4 is 9.47 Å². The molecule has 1 aliphatic heterocycles. The van der Waals surface area contributed by atoms with Crippen LogP contribution in [0.3, 0.4) is 0 Å². The van der Waals surface area contributed by atoms with E-state index in [1.807, 2.05) is 42.3 Å². The minimum absolute atomic E-state index is 0.0827. The molecule has 2 aromatic heterocycles. The first-order valence-electron chi connectivity index (χ1n) is 14.8. The maximum Gasteiger partial charge on any atom is 0.573 e. The van der Waals surface area contributed by atoms with Crippen molar-refractivity contribution in [1.29, 1.82) is 0 Å². The highest BCUT2D eigenvalue weighted by atomic mass is 28.4. The summed E-state index contributed by atoms with van der Waals surface area (Å²) < 4.78 is 48.9. The lowest BCUT2D eigenvalue weighted by molar-refractivity contribution is -0.274. The monoisotopic (exact) mass is 638 g/mol. The topological polar surface area (TPSA) is 89.7 Å². The number of halogens is 3. The van der Waals surface area contributed by atoms with Crippen LogP contribution in [-0.2, 0) is 13.2 Å². The summed E-state index contributed by atoms with van der Waals surface area (Å²) in [6.45, 7) is 9.97. The van der Waals surface area contributed by atoms with Crippen LogP contribution in [0, 0.1) is 0 Å². The van der Waals surface area contributed by atoms with Gasteiger partial charge in [-0.1, -0.05) is 38.1 Å². The molecule has 0 atom stereocenters. The summed E-state index contributed by atoms with van der Waals surface area (Å²) in [6, 6.07) is 16.6. The number of carbonyl (C=O) groups is 1. The number of carbonyl (C=O) groups excluding carboxylic acids is 1. The molecule has 45 heavy (non-hydrogen) atoms. The van der Waals surface area contributed by atoms with Crippen molar-refractivity contribution in [2.24, 2.45) is 0 Å². The summed E-state index contributed by atoms with van der Waals surface area (Å²) in [5, 5.41) is 4.70. The van der Waals surface area contributed by atoms with Gasteiger partial charge in [-0.25, -0.2) is 0 Å². The molecular formula is C33H37F3N4O4Si. The van der Waals surface area contributed by atoms with Crippen LogP contribution in [0.4, 0.5) is 13.2 Å². The van der Waals surface area contributed by atoms with Crippen molar-refractivity contribution in [3.05, 3.63) is 84.3 Å². The lowest BCUT2D eigenvalue weighted by atomic mass is 9.98. The summed E-state index contributed by atoms with van der Waals surface area (Å²) in [4.78, 5) is 30.6. The summed E-state index contributed by atoms with van der Waals surface area (Å²) in [5.41, 5.74) is 4.26. The molecular weight excluding hydrogens is 601 g/mol. The van der Waals surface area contributed by atoms with E-state index < -0.39 is 14.7 Å². The molecule has 0 spiro atoms. The van der Waals surface area contributed by atoms with Gasteiger partial charge in [0.05, 0.1) is 6.54 Å². The zero-order valence-corrected chi connectivity index (χ0v) is 26.8. The molecule has 0 radical (unpaired) electrons. The van der Waals surface area contributed by atoms with Gasteiger partial charge in [0.1, 0.15) is 29.5 Å². The smallest absolute Gasteiger partial charge is 0.489 e. The third-order valence-electron chi connectivity index (χ3n) is 8.57. The normalized spacial score (nSPS) is 14.0. The fourth-order valence-corrected chi connectivity index (χ4v) is 5.98. The summed E-state index contributed by atoms with van der Waals surface area (Å²) >= 11 is 0. The standard InChI is InChI=1S/C33H37F3N4O4Si/c1-32(2,45(3,4)42)16-5-19-39-20-21-40-30(31(39)41)28(29(38-40)25-14-17-37-18-15-25)24-8-12-26(13-9-24)43-22-23-6-10-27(11-7-23)44-33(34,35)36/h6-15,17-18,42H,5,16,19-22H2,1-4H3. The first kappa shape index (κ1) is 32.2. The number of fused-ring (bicyclic) bond motifs is 1. The second kappa shape index (κ2) is 12.7. The maximum atomic E-state index is 14.0. The van der Waals surface area contributed by atoms with Gasteiger partial charge in [-0.3, -0.25) is 14.5 Å². The van der Waals surface area contributed by atoms with Crippen LogP contribution in [0.15, 0.2) is 73.1 Å². The number of aromatic nitrogens is 3. The number of hydrogen-bond donors (Lipinski definition) is 1. The SMILES string of the molecule is CC(C)(CCCN1CCn2nc(-c3ccncc3)c(-c3ccc(OCc4ccc(OC(F)(F)F)cc4)cc3)c2C1=O)[Si](C)(C)O. The molecule has 3 heterocycles. The van der Waals surface area contributed by atoms with Gasteiger partial charge in [-0.15, -0.1) is 13.2 Å². The highest BCUT2D eigenvalue weighted by Crippen LogP contribution is 2.41. The molecule has 0 bridgehead atoms. The number of benzene rings is 2. The van der Waals surface area contributed by atoms with E-state index in [1.54, 1.807) is 29.2 Å². The summed E-state index contributed by atoms with van der Waals surface area (Å²) in [7, 11) is -2.35. The average Bonchev–Trinajstić information content (AvgIpc) is 3.38. The van der Waals surface area contributed by atoms with E-state index in [0.717, 1.165) is 29.5 Å². The number of rotatable bonds is 11. The number of pyridine rings is 1. The Balaban J connectivity index is 1.35. The van der Waals surface area contributed by atoms with E-state index in [-0.39, 0.29) is 23.3 Å². The van der Waals surface area contributed by atoms with Gasteiger partial charge in [0, 0.05) is 36.6 Å². The van der Waals surface area contributed by atoms with Crippen LogP contribution >= 0.6 is 0 Å². The number of hydrogen-bond acceptors (Lipinski definition) is 6. The molecule has 1 N–H and O–H groups in total. The van der Waals surface area contributed by atoms with E-state index in [0.29, 0.717) is 42.3 Å². The van der Waals surface area contributed by atoms with Gasteiger partial charge < -0.3 is 19.2 Å². The molecule has 2 aromatic carbocycles. The predicted molar refractivity (Wildman–Crippen MR) is 167 cm³/mol. The van der Waals surface area contributed by atoms with Crippen LogP contribution in [0.1, 0.15) is 42.7 Å². The number of amides is 1. The molecule has 1 amide bonds. The molecule has 5 rings (SSSR count). The van der Waals surface area contributed by atoms with E-state index in [4.69, 9.17) is 9.84 Å². The predicted octanol–water partition coefficient (Wildman–Crippen LogP) is 7.30. The minimum Gasteiger partial charge on any atom is -0.489 e. The van der Waals surface area contributed by atoms with Crippen molar-refractivity contribution in [3.63, 3.8) is 0 Å². The van der Waals surface area contributed by atoms with Gasteiger partial charge >= 0.3 is 6.36 Å². The first-order chi connectivity index (χ1) is 21.2. The second-order valence-corrected chi connectivity index (χ2v) is 16.8. The van der Waals surface area contributed by atoms with Crippen molar-refractivity contribution >= 4 is 14.2 Å². The molecule has 0 unspecified atom stereocenters. The minimum atomic E-state index is -4.74. The van der Waals surface area contributed by atoms with Crippen LogP contribution in [0.25, 0.3) is 22.4 Å². The van der Waals surface area contributed by atoms with Crippen molar-refractivity contribution in [2.45, 2.75) is 64.3 Å². The highest BCUT2D eigenvalue weighted by Gasteiger charge is 2.38. The Kier molecular flexibility index (Phi) is 9.08. The van der Waals surface area contributed by atoms with Gasteiger partial charge in [0.15, 0.2) is 8.32 Å². The first-order valence-corrected chi connectivity index (χ1v) is 17.8. The molecule has 238 valence electrons. The molecule has 0 fully saturated rings. The van der Waals surface area contributed by atoms with E-state index in [9.17, 15) is 22.8 Å². The van der Waals surface area contributed by atoms with Crippen molar-refractivity contribution < 1.29 is 32.2 Å². The summed E-state index contributed by atoms with van der Waals surface area (Å²) in [6.07, 6.45) is 0.259. The Labute approximate surface area is 261 Å². The zero-order valence-electron chi connectivity index (χ0n) is 25.8. The molecule has 12 heteroatoms. The molecule has 1 aliphatic rings. The molecule has 8 nitrogen and oxygen atoms in total. The lowest BCUT2D eigenvalue weighted by Gasteiger charge is -2.36. The van der Waals surface area contributed by atoms with E-state index in [2.05, 4.69) is 23.6 Å². The Hall–Kier alpha value is -4.16. The van der Waals surface area contributed by atoms with Gasteiger partial charge in [-0.05, 0) is 78.5 Å². The highest BCUT2D eigenvalue weighted by molar-refractivity contribution is 6.72. The van der Waals surface area contributed by atoms with Gasteiger partial charge in [-0.2, -0.15) is 5.10 Å². The zero-order chi connectivity index (χ0) is 32.4. The Morgan fingerprint density at radius 3 is 2.18 bits per heavy atom. The molecule has 0 aliphatic carbocycles. The third kappa shape index (κ3) is 7.56. The molecule has 0 saturated carbocycles. The Morgan fingerprint density at radius 2 is 1.56 bits per heavy atom. The fourth-order valence-electron chi connectivity index (χ4n) is 5.20. The summed E-state index contributed by atoms with van der Waals surface area (Å²) in [5.74, 6) is 0.185. The number of nitrogens with zero attached hydrogens (tertiary/aromatic N) is 4. The molecule has 4 aromatic rings. The van der Waals surface area contributed by atoms with Gasteiger partial charge in [0.2, 0.25) is 0 Å². The van der Waals surface area contributed by atoms with Crippen molar-refractivity contribution in [1.82, 2.24) is 19.7 Å². The van der Waals surface area contributed by atoms with Crippen LogP contribution in [0.2, 0.25) is 18.1 Å². The van der Waals surface area contributed by atoms with Crippen molar-refractivity contribution in [2.75, 3.05) is 13.1 Å². The largest absolute Gasteiger partial charge is 0.573 e. The fraction of sp³-hybridized carbons (Fsp3) is 0.364.